The Hall–Kier alpha value is -2.74. The topological polar surface area (TPSA) is 96.6 Å². The SMILES string of the molecule is Cc1nc(-c2ccc(C(=O)N3CCN(C(=O)C4CCCC4)CC3)cc2)no1.O=C(Cl)C1CCCC1. The van der Waals surface area contributed by atoms with Gasteiger partial charge in [0.25, 0.3) is 5.91 Å². The van der Waals surface area contributed by atoms with Crippen molar-refractivity contribution in [2.75, 3.05) is 26.2 Å². The van der Waals surface area contributed by atoms with Crippen LogP contribution in [0.1, 0.15) is 67.6 Å². The molecular weight excluding hydrogens is 468 g/mol. The molecule has 1 aliphatic heterocycles. The highest BCUT2D eigenvalue weighted by molar-refractivity contribution is 6.64. The lowest BCUT2D eigenvalue weighted by atomic mass is 10.1. The third kappa shape index (κ3) is 6.48. The molecule has 2 heterocycles. The minimum Gasteiger partial charge on any atom is -0.339 e. The van der Waals surface area contributed by atoms with E-state index in [4.69, 9.17) is 16.1 Å². The summed E-state index contributed by atoms with van der Waals surface area (Å²) in [5, 5.41) is 3.75. The van der Waals surface area contributed by atoms with Gasteiger partial charge in [-0.2, -0.15) is 4.98 Å². The lowest BCUT2D eigenvalue weighted by molar-refractivity contribution is -0.136. The molecule has 0 bridgehead atoms. The lowest BCUT2D eigenvalue weighted by Gasteiger charge is -2.36. The second kappa shape index (κ2) is 11.8. The standard InChI is InChI=1S/C20H24N4O3.C6H9ClO/c1-14-21-18(22-27-14)15-6-8-17(9-7-15)20(26)24-12-10-23(11-13-24)19(25)16-4-2-3-5-16;7-6(8)5-3-1-2-4-5/h6-9,16H,2-5,10-13H2,1H3;5H,1-4H2. The van der Waals surface area contributed by atoms with Crippen molar-refractivity contribution < 1.29 is 18.9 Å². The number of piperazine rings is 1. The van der Waals surface area contributed by atoms with Crippen molar-refractivity contribution >= 4 is 28.7 Å². The highest BCUT2D eigenvalue weighted by Gasteiger charge is 2.30. The van der Waals surface area contributed by atoms with E-state index in [1.54, 1.807) is 19.1 Å². The quantitative estimate of drug-likeness (QED) is 0.575. The van der Waals surface area contributed by atoms with Crippen molar-refractivity contribution in [3.05, 3.63) is 35.7 Å². The molecule has 8 nitrogen and oxygen atoms in total. The average Bonchev–Trinajstić information content (AvgIpc) is 3.67. The molecule has 35 heavy (non-hydrogen) atoms. The van der Waals surface area contributed by atoms with Crippen molar-refractivity contribution in [3.8, 4) is 11.4 Å². The zero-order chi connectivity index (χ0) is 24.8. The fourth-order valence-electron chi connectivity index (χ4n) is 5.07. The number of aryl methyl sites for hydroxylation is 1. The van der Waals surface area contributed by atoms with E-state index < -0.39 is 0 Å². The highest BCUT2D eigenvalue weighted by atomic mass is 35.5. The van der Waals surface area contributed by atoms with Crippen molar-refractivity contribution in [2.45, 2.75) is 58.3 Å². The van der Waals surface area contributed by atoms with E-state index in [9.17, 15) is 14.4 Å². The summed E-state index contributed by atoms with van der Waals surface area (Å²) in [6.07, 6.45) is 8.76. The van der Waals surface area contributed by atoms with Gasteiger partial charge in [-0.3, -0.25) is 14.4 Å². The molecule has 3 fully saturated rings. The van der Waals surface area contributed by atoms with Gasteiger partial charge in [-0.25, -0.2) is 0 Å². The first-order chi connectivity index (χ1) is 16.9. The van der Waals surface area contributed by atoms with Crippen LogP contribution in [0.25, 0.3) is 11.4 Å². The third-order valence-corrected chi connectivity index (χ3v) is 7.49. The molecule has 0 N–H and O–H groups in total. The Morgan fingerprint density at radius 2 is 1.40 bits per heavy atom. The van der Waals surface area contributed by atoms with Crippen molar-refractivity contribution in [2.24, 2.45) is 11.8 Å². The van der Waals surface area contributed by atoms with Crippen LogP contribution in [0.15, 0.2) is 28.8 Å². The fourth-order valence-corrected chi connectivity index (χ4v) is 5.29. The number of aromatic nitrogens is 2. The van der Waals surface area contributed by atoms with Crippen LogP contribution in [-0.4, -0.2) is 63.2 Å². The maximum absolute atomic E-state index is 12.8. The van der Waals surface area contributed by atoms with Crippen LogP contribution in [0.2, 0.25) is 0 Å². The molecular formula is C26H33ClN4O4. The van der Waals surface area contributed by atoms with E-state index in [2.05, 4.69) is 10.1 Å². The van der Waals surface area contributed by atoms with Gasteiger partial charge in [-0.1, -0.05) is 43.0 Å². The van der Waals surface area contributed by atoms with Crippen LogP contribution in [0.3, 0.4) is 0 Å². The monoisotopic (exact) mass is 500 g/mol. The first kappa shape index (κ1) is 25.4. The molecule has 2 aromatic rings. The first-order valence-corrected chi connectivity index (χ1v) is 13.0. The van der Waals surface area contributed by atoms with Gasteiger partial charge in [0.2, 0.25) is 22.9 Å². The maximum Gasteiger partial charge on any atom is 0.253 e. The highest BCUT2D eigenvalue weighted by Crippen LogP contribution is 2.27. The Balaban J connectivity index is 0.000000308. The average molecular weight is 501 g/mol. The second-order valence-corrected chi connectivity index (χ2v) is 9.97. The Morgan fingerprint density at radius 3 is 1.89 bits per heavy atom. The largest absolute Gasteiger partial charge is 0.339 e. The molecule has 1 aromatic carbocycles. The van der Waals surface area contributed by atoms with Gasteiger partial charge in [-0.05, 0) is 49.4 Å². The summed E-state index contributed by atoms with van der Waals surface area (Å²) in [5.41, 5.74) is 1.45. The summed E-state index contributed by atoms with van der Waals surface area (Å²) in [6, 6.07) is 7.24. The van der Waals surface area contributed by atoms with Gasteiger partial charge in [0.05, 0.1) is 0 Å². The van der Waals surface area contributed by atoms with Crippen molar-refractivity contribution in [1.29, 1.82) is 0 Å². The maximum atomic E-state index is 12.8. The molecule has 188 valence electrons. The van der Waals surface area contributed by atoms with Gasteiger partial charge in [0.1, 0.15) is 0 Å². The molecule has 9 heteroatoms. The lowest BCUT2D eigenvalue weighted by Crippen LogP contribution is -2.51. The van der Waals surface area contributed by atoms with Crippen molar-refractivity contribution in [1.82, 2.24) is 19.9 Å². The molecule has 5 rings (SSSR count). The number of carbonyl (C=O) groups excluding carboxylic acids is 3. The zero-order valence-electron chi connectivity index (χ0n) is 20.2. The van der Waals surface area contributed by atoms with E-state index in [-0.39, 0.29) is 28.9 Å². The minimum absolute atomic E-state index is 0.00110. The molecule has 0 atom stereocenters. The number of carbonyl (C=O) groups is 3. The van der Waals surface area contributed by atoms with Crippen LogP contribution in [0.5, 0.6) is 0 Å². The van der Waals surface area contributed by atoms with Crippen LogP contribution in [-0.2, 0) is 9.59 Å². The number of amides is 2. The first-order valence-electron chi connectivity index (χ1n) is 12.6. The molecule has 0 unspecified atom stereocenters. The molecule has 1 aromatic heterocycles. The summed E-state index contributed by atoms with van der Waals surface area (Å²) in [4.78, 5) is 43.6. The third-order valence-electron chi connectivity index (χ3n) is 7.18. The Bertz CT molecular complexity index is 1020. The summed E-state index contributed by atoms with van der Waals surface area (Å²) in [6.45, 7) is 4.17. The van der Waals surface area contributed by atoms with E-state index in [1.165, 1.54) is 12.8 Å². The number of hydrogen-bond acceptors (Lipinski definition) is 6. The molecule has 0 radical (unpaired) electrons. The van der Waals surface area contributed by atoms with Gasteiger partial charge in [-0.15, -0.1) is 0 Å². The van der Waals surface area contributed by atoms with Crippen LogP contribution >= 0.6 is 11.6 Å². The van der Waals surface area contributed by atoms with E-state index in [0.29, 0.717) is 43.5 Å². The van der Waals surface area contributed by atoms with Crippen molar-refractivity contribution in [3.63, 3.8) is 0 Å². The van der Waals surface area contributed by atoms with E-state index in [1.807, 2.05) is 21.9 Å². The predicted molar refractivity (Wildman–Crippen MR) is 132 cm³/mol. The van der Waals surface area contributed by atoms with Crippen LogP contribution in [0, 0.1) is 18.8 Å². The van der Waals surface area contributed by atoms with Crippen LogP contribution < -0.4 is 0 Å². The molecule has 2 amide bonds. The number of nitrogens with zero attached hydrogens (tertiary/aromatic N) is 4. The fraction of sp³-hybridized carbons (Fsp3) is 0.577. The molecule has 3 aliphatic rings. The van der Waals surface area contributed by atoms with E-state index >= 15 is 0 Å². The summed E-state index contributed by atoms with van der Waals surface area (Å²) in [5.74, 6) is 1.70. The number of rotatable bonds is 4. The molecule has 2 saturated carbocycles. The minimum atomic E-state index is -0.137. The Kier molecular flexibility index (Phi) is 8.55. The Morgan fingerprint density at radius 1 is 0.857 bits per heavy atom. The number of benzene rings is 1. The van der Waals surface area contributed by atoms with Gasteiger partial charge in [0.15, 0.2) is 0 Å². The van der Waals surface area contributed by atoms with Gasteiger partial charge in [0, 0.05) is 56.1 Å². The summed E-state index contributed by atoms with van der Waals surface area (Å²) < 4.78 is 4.99. The predicted octanol–water partition coefficient (Wildman–Crippen LogP) is 4.46. The smallest absolute Gasteiger partial charge is 0.253 e. The molecule has 0 spiro atoms. The van der Waals surface area contributed by atoms with Crippen LogP contribution in [0.4, 0.5) is 0 Å². The number of halogens is 1. The second-order valence-electron chi connectivity index (χ2n) is 9.60. The van der Waals surface area contributed by atoms with Gasteiger partial charge < -0.3 is 14.3 Å². The normalized spacial score (nSPS) is 18.9. The molecule has 1 saturated heterocycles. The number of hydrogen-bond donors (Lipinski definition) is 0. The van der Waals surface area contributed by atoms with E-state index in [0.717, 1.165) is 44.1 Å². The Labute approximate surface area is 211 Å². The summed E-state index contributed by atoms with van der Waals surface area (Å²) >= 11 is 5.25. The zero-order valence-corrected chi connectivity index (χ0v) is 21.0. The molecule has 2 aliphatic carbocycles. The van der Waals surface area contributed by atoms with Gasteiger partial charge >= 0.3 is 0 Å². The summed E-state index contributed by atoms with van der Waals surface area (Å²) in [7, 11) is 0.